The highest BCUT2D eigenvalue weighted by atomic mass is 31.2. The van der Waals surface area contributed by atoms with Crippen molar-refractivity contribution in [1.82, 2.24) is 19.1 Å². The van der Waals surface area contributed by atoms with Crippen LogP contribution < -0.4 is 31.8 Å². The summed E-state index contributed by atoms with van der Waals surface area (Å²) in [6.45, 7) is 0. The van der Waals surface area contributed by atoms with E-state index >= 15 is 9.13 Å². The maximum Gasteiger partial charge on any atom is 0.171 e. The van der Waals surface area contributed by atoms with Crippen molar-refractivity contribution in [2.45, 2.75) is 0 Å². The fraction of sp³-hybridized carbons (Fsp3) is 0. The largest absolute Gasteiger partial charge is 0.309 e. The average molecular weight is 811 g/mol. The van der Waals surface area contributed by atoms with Gasteiger partial charge >= 0.3 is 0 Å². The van der Waals surface area contributed by atoms with Crippen LogP contribution in [0.4, 0.5) is 0 Å². The van der Waals surface area contributed by atoms with E-state index in [1.54, 1.807) is 0 Å². The van der Waals surface area contributed by atoms with E-state index in [1.807, 2.05) is 158 Å². The van der Waals surface area contributed by atoms with Crippen molar-refractivity contribution in [2.24, 2.45) is 0 Å². The lowest BCUT2D eigenvalue weighted by atomic mass is 10.2. The van der Waals surface area contributed by atoms with E-state index in [-0.39, 0.29) is 0 Å². The second kappa shape index (κ2) is 14.3. The molecular weight excluding hydrogens is 775 g/mol. The Morgan fingerprint density at radius 1 is 0.317 bits per heavy atom. The van der Waals surface area contributed by atoms with Crippen LogP contribution in [0.2, 0.25) is 0 Å². The van der Waals surface area contributed by atoms with E-state index in [4.69, 9.17) is 9.97 Å². The van der Waals surface area contributed by atoms with Gasteiger partial charge < -0.3 is 9.13 Å². The lowest BCUT2D eigenvalue weighted by molar-refractivity contribution is 0.591. The molecule has 0 saturated heterocycles. The molecule has 0 aliphatic heterocycles. The quantitative estimate of drug-likeness (QED) is 0.143. The number of hydrogen-bond acceptors (Lipinski definition) is 4. The topological polar surface area (TPSA) is 69.8 Å². The van der Waals surface area contributed by atoms with Crippen LogP contribution in [0.15, 0.2) is 219 Å². The smallest absolute Gasteiger partial charge is 0.171 e. The third-order valence-electron chi connectivity index (χ3n) is 11.6. The summed E-state index contributed by atoms with van der Waals surface area (Å²) in [5, 5.41) is 8.59. The van der Waals surface area contributed by atoms with Crippen LogP contribution in [0.25, 0.3) is 55.2 Å². The molecule has 7 aromatic carbocycles. The van der Waals surface area contributed by atoms with E-state index in [0.29, 0.717) is 0 Å². The molecule has 0 atom stereocenters. The van der Waals surface area contributed by atoms with Crippen LogP contribution in [-0.4, -0.2) is 19.1 Å². The van der Waals surface area contributed by atoms with Crippen LogP contribution >= 0.6 is 14.3 Å². The van der Waals surface area contributed by atoms with E-state index in [9.17, 15) is 0 Å². The molecule has 4 aromatic heterocycles. The normalized spacial score (nSPS) is 12.1. The molecule has 0 bridgehead atoms. The third-order valence-corrected chi connectivity index (χ3v) is 17.7. The Balaban J connectivity index is 1.09. The first-order valence-corrected chi connectivity index (χ1v) is 23.3. The first kappa shape index (κ1) is 36.0. The molecule has 0 amide bonds. The number of benzene rings is 7. The van der Waals surface area contributed by atoms with E-state index in [2.05, 4.69) is 69.8 Å². The molecule has 6 nitrogen and oxygen atoms in total. The molecule has 4 heterocycles. The summed E-state index contributed by atoms with van der Waals surface area (Å²) in [7, 11) is -6.43. The zero-order valence-electron chi connectivity index (χ0n) is 32.3. The van der Waals surface area contributed by atoms with Gasteiger partial charge in [-0.2, -0.15) is 0 Å². The summed E-state index contributed by atoms with van der Waals surface area (Å²) in [6.07, 6.45) is 3.64. The maximum atomic E-state index is 15.4. The van der Waals surface area contributed by atoms with Gasteiger partial charge in [-0.05, 0) is 78.9 Å². The Labute approximate surface area is 346 Å². The molecule has 0 N–H and O–H groups in total. The fourth-order valence-corrected chi connectivity index (χ4v) is 14.1. The Bertz CT molecular complexity index is 3180. The summed E-state index contributed by atoms with van der Waals surface area (Å²) in [6, 6.07) is 68.0. The van der Waals surface area contributed by atoms with Crippen LogP contribution in [0.1, 0.15) is 0 Å². The van der Waals surface area contributed by atoms with Crippen LogP contribution in [0, 0.1) is 0 Å². The van der Waals surface area contributed by atoms with Crippen molar-refractivity contribution in [3.8, 4) is 11.4 Å². The van der Waals surface area contributed by atoms with E-state index < -0.39 is 14.3 Å². The van der Waals surface area contributed by atoms with Gasteiger partial charge in [-0.1, -0.05) is 127 Å². The van der Waals surface area contributed by atoms with Gasteiger partial charge in [-0.15, -0.1) is 0 Å². The van der Waals surface area contributed by atoms with Gasteiger partial charge in [-0.3, -0.25) is 9.13 Å². The third kappa shape index (κ3) is 5.57. The predicted molar refractivity (Wildman–Crippen MR) is 249 cm³/mol. The Kier molecular flexibility index (Phi) is 8.60. The molecule has 0 aliphatic rings. The molecule has 0 unspecified atom stereocenters. The summed E-state index contributed by atoms with van der Waals surface area (Å²) in [4.78, 5) is 9.85. The first-order valence-electron chi connectivity index (χ1n) is 19.9. The van der Waals surface area contributed by atoms with Crippen molar-refractivity contribution in [1.29, 1.82) is 0 Å². The highest BCUT2D eigenvalue weighted by Gasteiger charge is 2.32. The Morgan fingerprint density at radius 2 is 0.683 bits per heavy atom. The van der Waals surface area contributed by atoms with Gasteiger partial charge in [0.15, 0.2) is 14.3 Å². The number of rotatable bonds is 8. The molecule has 0 aliphatic carbocycles. The zero-order chi connectivity index (χ0) is 40.3. The minimum atomic E-state index is -3.22. The number of fused-ring (bicyclic) bond motifs is 6. The lowest BCUT2D eigenvalue weighted by Crippen LogP contribution is -2.24. The highest BCUT2D eigenvalue weighted by Crippen LogP contribution is 2.45. The highest BCUT2D eigenvalue weighted by molar-refractivity contribution is 7.85. The van der Waals surface area contributed by atoms with E-state index in [0.717, 1.165) is 87.1 Å². The predicted octanol–water partition coefficient (Wildman–Crippen LogP) is 9.95. The van der Waals surface area contributed by atoms with Gasteiger partial charge in [0.25, 0.3) is 0 Å². The van der Waals surface area contributed by atoms with Gasteiger partial charge in [-0.25, -0.2) is 9.97 Å². The second-order valence-corrected chi connectivity index (χ2v) is 20.4. The minimum Gasteiger partial charge on any atom is -0.309 e. The summed E-state index contributed by atoms with van der Waals surface area (Å²) >= 11 is 0. The fourth-order valence-electron chi connectivity index (χ4n) is 8.80. The Morgan fingerprint density at radius 3 is 1.05 bits per heavy atom. The molecule has 11 aromatic rings. The monoisotopic (exact) mass is 810 g/mol. The zero-order valence-corrected chi connectivity index (χ0v) is 34.1. The van der Waals surface area contributed by atoms with Gasteiger partial charge in [0.05, 0.1) is 11.0 Å². The SMILES string of the molecule is O=P(c1ccccc1)(c1ccccc1)c1ccc2c(c1)c1cccnc1n2-c1cccc(-n2c3ccc(P(=O)(c4ccccc4)c4ccccc4)cc3c3cccnc32)c1. The average Bonchev–Trinajstić information content (AvgIpc) is 3.84. The van der Waals surface area contributed by atoms with Crippen molar-refractivity contribution in [3.63, 3.8) is 0 Å². The second-order valence-electron chi connectivity index (χ2n) is 14.9. The Hall–Kier alpha value is -7.10. The van der Waals surface area contributed by atoms with Crippen molar-refractivity contribution >= 4 is 90.0 Å². The summed E-state index contributed by atoms with van der Waals surface area (Å²) in [5.74, 6) is 0. The number of nitrogens with zero attached hydrogens (tertiary/aromatic N) is 4. The lowest BCUT2D eigenvalue weighted by Gasteiger charge is -2.20. The van der Waals surface area contributed by atoms with Gasteiger partial charge in [0, 0.05) is 77.1 Å². The van der Waals surface area contributed by atoms with Crippen LogP contribution in [-0.2, 0) is 9.13 Å². The number of hydrogen-bond donors (Lipinski definition) is 0. The van der Waals surface area contributed by atoms with Crippen molar-refractivity contribution in [2.75, 3.05) is 0 Å². The summed E-state index contributed by atoms with van der Waals surface area (Å²) < 4.78 is 35.2. The molecule has 60 heavy (non-hydrogen) atoms. The van der Waals surface area contributed by atoms with Crippen LogP contribution in [0.5, 0.6) is 0 Å². The van der Waals surface area contributed by atoms with Gasteiger partial charge in [0.1, 0.15) is 11.3 Å². The standard InChI is InChI=1S/C52H36N4O2P2/c57-59(39-18-5-1-6-19-39,40-20-7-2-8-21-40)43-28-30-49-47(35-43)45-26-14-32-53-51(45)55(49)37-16-13-17-38(34-37)56-50-31-29-44(36-48(50)46-27-15-33-54-52(46)56)60(58,41-22-9-3-10-23-41)42-24-11-4-12-25-42/h1-36H. The van der Waals surface area contributed by atoms with Crippen molar-refractivity contribution < 1.29 is 9.13 Å². The minimum absolute atomic E-state index is 0.767. The van der Waals surface area contributed by atoms with Crippen LogP contribution in [0.3, 0.4) is 0 Å². The molecule has 11 rings (SSSR count). The molecule has 0 spiro atoms. The first-order chi connectivity index (χ1) is 29.5. The molecular formula is C52H36N4O2P2. The molecule has 8 heteroatoms. The number of aromatic nitrogens is 4. The number of pyridine rings is 2. The van der Waals surface area contributed by atoms with Crippen molar-refractivity contribution in [3.05, 3.63) is 219 Å². The summed E-state index contributed by atoms with van der Waals surface area (Å²) in [5.41, 5.74) is 5.37. The maximum absolute atomic E-state index is 15.4. The molecule has 0 fully saturated rings. The molecule has 286 valence electrons. The van der Waals surface area contributed by atoms with E-state index in [1.165, 1.54) is 0 Å². The molecule has 0 radical (unpaired) electrons. The van der Waals surface area contributed by atoms with Gasteiger partial charge in [0.2, 0.25) is 0 Å². The molecule has 0 saturated carbocycles.